The van der Waals surface area contributed by atoms with Crippen LogP contribution in [0.2, 0.25) is 0 Å². The Bertz CT molecular complexity index is 559. The van der Waals surface area contributed by atoms with E-state index in [1.807, 2.05) is 4.98 Å². The molecule has 98 valence electrons. The average molecular weight is 255 g/mol. The van der Waals surface area contributed by atoms with Crippen LogP contribution in [-0.4, -0.2) is 47.0 Å². The number of H-pyrrole nitrogens is 1. The molecule has 0 atom stereocenters. The van der Waals surface area contributed by atoms with Gasteiger partial charge in [0.05, 0.1) is 7.11 Å². The normalized spacial score (nSPS) is 9.89. The Hall–Kier alpha value is -2.38. The summed E-state index contributed by atoms with van der Waals surface area (Å²) in [7, 11) is 2.63. The fraction of sp³-hybridized carbons (Fsp3) is 0.400. The summed E-state index contributed by atoms with van der Waals surface area (Å²) >= 11 is 0. The SMILES string of the molecule is COC(=O)CN(C)C(=O)Cn1ccc(=O)[nH]c1=O. The molecule has 8 heteroatoms. The first-order valence-electron chi connectivity index (χ1n) is 5.04. The van der Waals surface area contributed by atoms with Crippen LogP contribution in [-0.2, 0) is 20.9 Å². The molecular weight excluding hydrogens is 242 g/mol. The Kier molecular flexibility index (Phi) is 4.41. The minimum absolute atomic E-state index is 0.201. The molecule has 1 rings (SSSR count). The lowest BCUT2D eigenvalue weighted by Crippen LogP contribution is -2.38. The standard InChI is InChI=1S/C10H13N3O5/c1-12(6-9(16)18-2)8(15)5-13-4-3-7(14)11-10(13)17/h3-4H,5-6H2,1-2H3,(H,11,14,17). The van der Waals surface area contributed by atoms with Gasteiger partial charge in [0.1, 0.15) is 13.1 Å². The molecule has 8 nitrogen and oxygen atoms in total. The van der Waals surface area contributed by atoms with E-state index in [2.05, 4.69) is 4.74 Å². The van der Waals surface area contributed by atoms with Crippen LogP contribution in [0.25, 0.3) is 0 Å². The molecule has 0 saturated heterocycles. The molecule has 18 heavy (non-hydrogen) atoms. The van der Waals surface area contributed by atoms with E-state index in [-0.39, 0.29) is 13.1 Å². The van der Waals surface area contributed by atoms with Crippen molar-refractivity contribution in [3.05, 3.63) is 33.1 Å². The molecule has 0 aliphatic carbocycles. The maximum absolute atomic E-state index is 11.7. The number of nitrogens with one attached hydrogen (secondary N) is 1. The molecule has 1 amide bonds. The smallest absolute Gasteiger partial charge is 0.328 e. The predicted octanol–water partition coefficient (Wildman–Crippen LogP) is -1.83. The van der Waals surface area contributed by atoms with Gasteiger partial charge in [0.25, 0.3) is 5.56 Å². The van der Waals surface area contributed by atoms with E-state index >= 15 is 0 Å². The summed E-state index contributed by atoms with van der Waals surface area (Å²) in [5.41, 5.74) is -1.21. The lowest BCUT2D eigenvalue weighted by atomic mass is 10.4. The van der Waals surface area contributed by atoms with E-state index in [1.165, 1.54) is 20.4 Å². The van der Waals surface area contributed by atoms with Crippen molar-refractivity contribution in [1.82, 2.24) is 14.5 Å². The number of carbonyl (C=O) groups is 2. The van der Waals surface area contributed by atoms with E-state index in [9.17, 15) is 19.2 Å². The minimum atomic E-state index is -0.678. The number of hydrogen-bond acceptors (Lipinski definition) is 5. The van der Waals surface area contributed by atoms with Gasteiger partial charge in [-0.15, -0.1) is 0 Å². The van der Waals surface area contributed by atoms with Gasteiger partial charge >= 0.3 is 11.7 Å². The zero-order chi connectivity index (χ0) is 13.7. The largest absolute Gasteiger partial charge is 0.468 e. The molecule has 0 radical (unpaired) electrons. The third-order valence-corrected chi connectivity index (χ3v) is 2.22. The Morgan fingerprint density at radius 3 is 2.67 bits per heavy atom. The summed E-state index contributed by atoms with van der Waals surface area (Å²) in [6, 6.07) is 1.13. The summed E-state index contributed by atoms with van der Waals surface area (Å²) in [6.07, 6.45) is 1.21. The predicted molar refractivity (Wildman–Crippen MR) is 61.0 cm³/mol. The number of hydrogen-bond donors (Lipinski definition) is 1. The molecule has 1 N–H and O–H groups in total. The van der Waals surface area contributed by atoms with E-state index in [0.717, 1.165) is 15.5 Å². The number of esters is 1. The van der Waals surface area contributed by atoms with Crippen molar-refractivity contribution in [1.29, 1.82) is 0 Å². The van der Waals surface area contributed by atoms with Crippen LogP contribution >= 0.6 is 0 Å². The van der Waals surface area contributed by atoms with Crippen LogP contribution in [0, 0.1) is 0 Å². The first-order valence-corrected chi connectivity index (χ1v) is 5.04. The maximum Gasteiger partial charge on any atom is 0.328 e. The van der Waals surface area contributed by atoms with Gasteiger partial charge in [-0.1, -0.05) is 0 Å². The number of rotatable bonds is 4. The summed E-state index contributed by atoms with van der Waals surface area (Å²) in [5, 5.41) is 0. The highest BCUT2D eigenvalue weighted by Gasteiger charge is 2.14. The van der Waals surface area contributed by atoms with Gasteiger partial charge in [-0.2, -0.15) is 0 Å². The van der Waals surface area contributed by atoms with Crippen LogP contribution in [0.15, 0.2) is 21.9 Å². The summed E-state index contributed by atoms with van der Waals surface area (Å²) in [5.74, 6) is -1.01. The second-order valence-corrected chi connectivity index (χ2v) is 3.56. The molecule has 0 fully saturated rings. The minimum Gasteiger partial charge on any atom is -0.468 e. The molecule has 1 aromatic heterocycles. The maximum atomic E-state index is 11.7. The Morgan fingerprint density at radius 2 is 2.11 bits per heavy atom. The van der Waals surface area contributed by atoms with Gasteiger partial charge in [0, 0.05) is 19.3 Å². The van der Waals surface area contributed by atoms with Crippen molar-refractivity contribution in [2.75, 3.05) is 20.7 Å². The number of ether oxygens (including phenoxy) is 1. The number of aromatic amines is 1. The fourth-order valence-electron chi connectivity index (χ4n) is 1.18. The van der Waals surface area contributed by atoms with Crippen LogP contribution in [0.1, 0.15) is 0 Å². The van der Waals surface area contributed by atoms with Crippen molar-refractivity contribution < 1.29 is 14.3 Å². The van der Waals surface area contributed by atoms with E-state index < -0.39 is 23.1 Å². The second-order valence-electron chi connectivity index (χ2n) is 3.56. The van der Waals surface area contributed by atoms with Crippen molar-refractivity contribution in [2.24, 2.45) is 0 Å². The van der Waals surface area contributed by atoms with Gasteiger partial charge in [-0.3, -0.25) is 23.9 Å². The zero-order valence-electron chi connectivity index (χ0n) is 10.0. The second kappa shape index (κ2) is 5.80. The molecular formula is C10H13N3O5. The molecule has 0 bridgehead atoms. The van der Waals surface area contributed by atoms with Gasteiger partial charge in [-0.05, 0) is 0 Å². The first-order chi connectivity index (χ1) is 8.43. The van der Waals surface area contributed by atoms with E-state index in [1.54, 1.807) is 0 Å². The van der Waals surface area contributed by atoms with Crippen molar-refractivity contribution in [2.45, 2.75) is 6.54 Å². The number of likely N-dealkylation sites (N-methyl/N-ethyl adjacent to an activating group) is 1. The van der Waals surface area contributed by atoms with Crippen LogP contribution in [0.5, 0.6) is 0 Å². The molecule has 1 aromatic rings. The number of aromatic nitrogens is 2. The van der Waals surface area contributed by atoms with E-state index in [4.69, 9.17) is 0 Å². The molecule has 0 saturated carbocycles. The number of nitrogens with zero attached hydrogens (tertiary/aromatic N) is 2. The van der Waals surface area contributed by atoms with Crippen molar-refractivity contribution >= 4 is 11.9 Å². The van der Waals surface area contributed by atoms with Gasteiger partial charge in [-0.25, -0.2) is 4.79 Å². The topological polar surface area (TPSA) is 101 Å². The third-order valence-electron chi connectivity index (χ3n) is 2.22. The van der Waals surface area contributed by atoms with Crippen LogP contribution in [0.3, 0.4) is 0 Å². The Labute approximate surface area is 102 Å². The van der Waals surface area contributed by atoms with Gasteiger partial charge in [0.15, 0.2) is 0 Å². The van der Waals surface area contributed by atoms with Crippen molar-refractivity contribution in [3.63, 3.8) is 0 Å². The molecule has 0 spiro atoms. The fourth-order valence-corrected chi connectivity index (χ4v) is 1.18. The summed E-state index contributed by atoms with van der Waals surface area (Å²) < 4.78 is 5.45. The number of amides is 1. The summed E-state index contributed by atoms with van der Waals surface area (Å²) in [4.78, 5) is 47.9. The van der Waals surface area contributed by atoms with Crippen LogP contribution in [0.4, 0.5) is 0 Å². The molecule has 0 unspecified atom stereocenters. The van der Waals surface area contributed by atoms with Crippen molar-refractivity contribution in [3.8, 4) is 0 Å². The number of methoxy groups -OCH3 is 1. The molecule has 0 aromatic carbocycles. The summed E-state index contributed by atoms with van der Waals surface area (Å²) in [6.45, 7) is -0.462. The lowest BCUT2D eigenvalue weighted by Gasteiger charge is -2.15. The highest BCUT2D eigenvalue weighted by molar-refractivity contribution is 5.81. The quantitative estimate of drug-likeness (QED) is 0.637. The monoisotopic (exact) mass is 255 g/mol. The molecule has 0 aliphatic heterocycles. The molecule has 1 heterocycles. The van der Waals surface area contributed by atoms with Gasteiger partial charge < -0.3 is 9.64 Å². The Morgan fingerprint density at radius 1 is 1.44 bits per heavy atom. The zero-order valence-corrected chi connectivity index (χ0v) is 10.0. The van der Waals surface area contributed by atoms with Gasteiger partial charge in [0.2, 0.25) is 5.91 Å². The molecule has 0 aliphatic rings. The third kappa shape index (κ3) is 3.58. The average Bonchev–Trinajstić information content (AvgIpc) is 2.32. The Balaban J connectivity index is 2.72. The highest BCUT2D eigenvalue weighted by Crippen LogP contribution is 1.89. The first kappa shape index (κ1) is 13.7. The number of carbonyl (C=O) groups excluding carboxylic acids is 2. The van der Waals surface area contributed by atoms with E-state index in [0.29, 0.717) is 0 Å². The van der Waals surface area contributed by atoms with Crippen LogP contribution < -0.4 is 11.2 Å². The highest BCUT2D eigenvalue weighted by atomic mass is 16.5. The lowest BCUT2D eigenvalue weighted by molar-refractivity contribution is -0.146.